The Morgan fingerprint density at radius 1 is 1.08 bits per heavy atom. The van der Waals surface area contributed by atoms with E-state index in [9.17, 15) is 4.79 Å². The van der Waals surface area contributed by atoms with Gasteiger partial charge in [0.2, 0.25) is 0 Å². The second-order valence-corrected chi connectivity index (χ2v) is 7.96. The lowest BCUT2D eigenvalue weighted by Gasteiger charge is -2.33. The molecule has 1 atom stereocenters. The largest absolute Gasteiger partial charge is 0.298 e. The predicted molar refractivity (Wildman–Crippen MR) is 106 cm³/mol. The topological polar surface area (TPSA) is 17.1 Å². The molecular formula is C24H28O. The molecule has 1 aromatic carbocycles. The van der Waals surface area contributed by atoms with Crippen molar-refractivity contribution in [3.8, 4) is 0 Å². The Hall–Kier alpha value is -2.15. The minimum atomic E-state index is 0.165. The molecule has 0 saturated carbocycles. The molecule has 0 bridgehead atoms. The highest BCUT2D eigenvalue weighted by molar-refractivity contribution is 5.77. The summed E-state index contributed by atoms with van der Waals surface area (Å²) in [6.45, 7) is 6.97. The van der Waals surface area contributed by atoms with Crippen molar-refractivity contribution in [1.82, 2.24) is 0 Å². The first-order valence-electron chi connectivity index (χ1n) is 9.30. The zero-order valence-electron chi connectivity index (χ0n) is 15.6. The van der Waals surface area contributed by atoms with Gasteiger partial charge in [0.25, 0.3) is 0 Å². The number of benzene rings is 1. The normalized spacial score (nSPS) is 23.4. The van der Waals surface area contributed by atoms with Gasteiger partial charge in [-0.3, -0.25) is 4.79 Å². The Morgan fingerprint density at radius 3 is 2.52 bits per heavy atom. The van der Waals surface area contributed by atoms with E-state index in [0.717, 1.165) is 18.3 Å². The highest BCUT2D eigenvalue weighted by atomic mass is 16.1. The number of aldehydes is 1. The predicted octanol–water partition coefficient (Wildman–Crippen LogP) is 6.31. The molecule has 0 saturated heterocycles. The summed E-state index contributed by atoms with van der Waals surface area (Å²) in [6.07, 6.45) is 14.3. The van der Waals surface area contributed by atoms with E-state index in [-0.39, 0.29) is 11.3 Å². The van der Waals surface area contributed by atoms with Gasteiger partial charge < -0.3 is 0 Å². The molecule has 2 aliphatic carbocycles. The number of carbonyl (C=O) groups excluding carboxylic acids is 1. The molecule has 1 aromatic rings. The third kappa shape index (κ3) is 3.92. The maximum atomic E-state index is 11.5. The van der Waals surface area contributed by atoms with Crippen LogP contribution in [-0.4, -0.2) is 6.29 Å². The summed E-state index contributed by atoms with van der Waals surface area (Å²) in [5.74, 6) is 0.165. The molecule has 0 heterocycles. The molecule has 0 aromatic heterocycles. The minimum Gasteiger partial charge on any atom is -0.298 e. The van der Waals surface area contributed by atoms with Crippen molar-refractivity contribution < 1.29 is 4.79 Å². The summed E-state index contributed by atoms with van der Waals surface area (Å²) < 4.78 is 0. The van der Waals surface area contributed by atoms with Gasteiger partial charge in [-0.05, 0) is 60.3 Å². The van der Waals surface area contributed by atoms with Gasteiger partial charge in [-0.25, -0.2) is 0 Å². The van der Waals surface area contributed by atoms with Crippen molar-refractivity contribution in [2.45, 2.75) is 52.4 Å². The number of hydrogen-bond donors (Lipinski definition) is 0. The molecule has 25 heavy (non-hydrogen) atoms. The lowest BCUT2D eigenvalue weighted by Crippen LogP contribution is -2.19. The molecule has 0 amide bonds. The lowest BCUT2D eigenvalue weighted by atomic mass is 9.72. The smallest absolute Gasteiger partial charge is 0.146 e. The third-order valence-corrected chi connectivity index (χ3v) is 5.68. The molecule has 2 aliphatic rings. The maximum absolute atomic E-state index is 11.5. The van der Waals surface area contributed by atoms with Crippen molar-refractivity contribution in [3.63, 3.8) is 0 Å². The number of carbonyl (C=O) groups is 1. The zero-order valence-corrected chi connectivity index (χ0v) is 15.6. The molecule has 1 unspecified atom stereocenters. The molecule has 0 aliphatic heterocycles. The van der Waals surface area contributed by atoms with E-state index in [1.807, 2.05) is 24.3 Å². The first-order chi connectivity index (χ1) is 12.0. The minimum absolute atomic E-state index is 0.165. The first-order valence-corrected chi connectivity index (χ1v) is 9.30. The van der Waals surface area contributed by atoms with Crippen LogP contribution in [0.25, 0.3) is 0 Å². The van der Waals surface area contributed by atoms with E-state index < -0.39 is 0 Å². The number of allylic oxidation sites excluding steroid dienone is 8. The van der Waals surface area contributed by atoms with Crippen molar-refractivity contribution in [1.29, 1.82) is 0 Å². The third-order valence-electron chi connectivity index (χ3n) is 5.68. The monoisotopic (exact) mass is 332 g/mol. The highest BCUT2D eigenvalue weighted by Crippen LogP contribution is 2.41. The van der Waals surface area contributed by atoms with Crippen molar-refractivity contribution >= 4 is 6.29 Å². The molecular weight excluding hydrogens is 304 g/mol. The van der Waals surface area contributed by atoms with Gasteiger partial charge in [0.15, 0.2) is 0 Å². The summed E-state index contributed by atoms with van der Waals surface area (Å²) in [5.41, 5.74) is 6.65. The molecule has 130 valence electrons. The highest BCUT2D eigenvalue weighted by Gasteiger charge is 2.27. The molecule has 0 spiro atoms. The van der Waals surface area contributed by atoms with Gasteiger partial charge in [-0.15, -0.1) is 0 Å². The fourth-order valence-electron chi connectivity index (χ4n) is 4.18. The van der Waals surface area contributed by atoms with Gasteiger partial charge in [-0.1, -0.05) is 74.1 Å². The Kier molecular flexibility index (Phi) is 5.22. The maximum Gasteiger partial charge on any atom is 0.146 e. The lowest BCUT2D eigenvalue weighted by molar-refractivity contribution is -0.105. The second kappa shape index (κ2) is 7.39. The average Bonchev–Trinajstić information content (AvgIpc) is 2.61. The zero-order chi connectivity index (χ0) is 17.9. The SMILES string of the molecule is CC1=C(/C=C/C2=CC=C(C=O)C(c3ccccc3)C2)C(C)(C)CCC1. The van der Waals surface area contributed by atoms with Crippen LogP contribution in [0.15, 0.2) is 76.9 Å². The van der Waals surface area contributed by atoms with Crippen LogP contribution < -0.4 is 0 Å². The van der Waals surface area contributed by atoms with E-state index >= 15 is 0 Å². The number of hydrogen-bond acceptors (Lipinski definition) is 1. The standard InChI is InChI=1S/C24H28O/c1-18-8-7-15-24(2,3)23(18)14-12-19-11-13-21(17-25)22(16-19)20-9-5-4-6-10-20/h4-6,9-14,17,22H,7-8,15-16H2,1-3H3/b14-12+. The van der Waals surface area contributed by atoms with Crippen molar-refractivity contribution in [3.05, 3.63) is 82.5 Å². The second-order valence-electron chi connectivity index (χ2n) is 7.96. The summed E-state index contributed by atoms with van der Waals surface area (Å²) in [7, 11) is 0. The molecule has 3 rings (SSSR count). The van der Waals surface area contributed by atoms with Crippen LogP contribution in [-0.2, 0) is 4.79 Å². The molecule has 0 radical (unpaired) electrons. The van der Waals surface area contributed by atoms with E-state index in [2.05, 4.69) is 51.1 Å². The molecule has 1 heteroatoms. The van der Waals surface area contributed by atoms with Gasteiger partial charge in [-0.2, -0.15) is 0 Å². The van der Waals surface area contributed by atoms with Crippen molar-refractivity contribution in [2.75, 3.05) is 0 Å². The fraction of sp³-hybridized carbons (Fsp3) is 0.375. The van der Waals surface area contributed by atoms with Crippen LogP contribution in [0.3, 0.4) is 0 Å². The summed E-state index contributed by atoms with van der Waals surface area (Å²) in [4.78, 5) is 11.5. The van der Waals surface area contributed by atoms with Crippen LogP contribution in [0.5, 0.6) is 0 Å². The van der Waals surface area contributed by atoms with E-state index in [0.29, 0.717) is 0 Å². The first kappa shape index (κ1) is 17.7. The van der Waals surface area contributed by atoms with Gasteiger partial charge >= 0.3 is 0 Å². The van der Waals surface area contributed by atoms with Gasteiger partial charge in [0, 0.05) is 5.92 Å². The fourth-order valence-corrected chi connectivity index (χ4v) is 4.18. The Morgan fingerprint density at radius 2 is 1.84 bits per heavy atom. The van der Waals surface area contributed by atoms with Crippen LogP contribution >= 0.6 is 0 Å². The average molecular weight is 332 g/mol. The molecule has 0 N–H and O–H groups in total. The van der Waals surface area contributed by atoms with E-state index in [1.165, 1.54) is 41.5 Å². The summed E-state index contributed by atoms with van der Waals surface area (Å²) in [5, 5.41) is 0. The summed E-state index contributed by atoms with van der Waals surface area (Å²) in [6, 6.07) is 10.3. The Labute approximate surface area is 151 Å². The van der Waals surface area contributed by atoms with Crippen molar-refractivity contribution in [2.24, 2.45) is 5.41 Å². The Balaban J connectivity index is 1.85. The van der Waals surface area contributed by atoms with E-state index in [4.69, 9.17) is 0 Å². The van der Waals surface area contributed by atoms with Gasteiger partial charge in [0.05, 0.1) is 0 Å². The number of rotatable bonds is 4. The quantitative estimate of drug-likeness (QED) is 0.591. The van der Waals surface area contributed by atoms with Gasteiger partial charge in [0.1, 0.15) is 6.29 Å². The van der Waals surface area contributed by atoms with Crippen LogP contribution in [0.1, 0.15) is 57.9 Å². The van der Waals surface area contributed by atoms with Crippen LogP contribution in [0.2, 0.25) is 0 Å². The molecule has 0 fully saturated rings. The molecule has 1 nitrogen and oxygen atoms in total. The van der Waals surface area contributed by atoms with E-state index in [1.54, 1.807) is 0 Å². The Bertz CT molecular complexity index is 757. The van der Waals surface area contributed by atoms with Crippen LogP contribution in [0, 0.1) is 5.41 Å². The summed E-state index contributed by atoms with van der Waals surface area (Å²) >= 11 is 0. The van der Waals surface area contributed by atoms with Crippen LogP contribution in [0.4, 0.5) is 0 Å².